The number of rotatable bonds is 4. The van der Waals surface area contributed by atoms with E-state index in [4.69, 9.17) is 0 Å². The molecule has 16 heavy (non-hydrogen) atoms. The van der Waals surface area contributed by atoms with Crippen LogP contribution in [0.4, 0.5) is 11.6 Å². The Morgan fingerprint density at radius 2 is 2.25 bits per heavy atom. The minimum atomic E-state index is -0.585. The van der Waals surface area contributed by atoms with E-state index in [1.54, 1.807) is 37.4 Å². The van der Waals surface area contributed by atoms with Crippen LogP contribution in [-0.4, -0.2) is 38.8 Å². The number of aryl methyl sites for hydroxylation is 1. The normalized spacial score (nSPS) is 11.6. The number of aliphatic hydroxyl groups is 1. The summed E-state index contributed by atoms with van der Waals surface area (Å²) in [4.78, 5) is 15.6. The number of anilines is 1. The summed E-state index contributed by atoms with van der Waals surface area (Å²) in [5, 5.41) is 20.0. The number of nitrogens with zero attached hydrogens (tertiary/aromatic N) is 4. The van der Waals surface area contributed by atoms with Crippen LogP contribution < -0.4 is 4.90 Å². The summed E-state index contributed by atoms with van der Waals surface area (Å²) in [6, 6.07) is 0. The molecule has 1 aromatic rings. The summed E-state index contributed by atoms with van der Waals surface area (Å²) in [6.45, 7) is 3.49. The van der Waals surface area contributed by atoms with Crippen LogP contribution in [-0.2, 0) is 7.05 Å². The van der Waals surface area contributed by atoms with Gasteiger partial charge in [-0.3, -0.25) is 4.57 Å². The standard InChI is InChI=1S/C9H16N4O3/c1-9(2,5-14)12(4)8-7(13(15)16)10-6-11(8)3/h6,14H,5H2,1-4H3. The molecule has 0 fully saturated rings. The molecule has 0 bridgehead atoms. The first kappa shape index (κ1) is 12.4. The van der Waals surface area contributed by atoms with Crippen molar-refractivity contribution in [3.05, 3.63) is 16.4 Å². The van der Waals surface area contributed by atoms with Crippen molar-refractivity contribution in [3.8, 4) is 0 Å². The fraction of sp³-hybridized carbons (Fsp3) is 0.667. The summed E-state index contributed by atoms with van der Waals surface area (Å²) in [7, 11) is 3.37. The molecule has 90 valence electrons. The number of imidazole rings is 1. The smallest absolute Gasteiger partial charge is 0.394 e. The average Bonchev–Trinajstić information content (AvgIpc) is 2.59. The Labute approximate surface area is 93.5 Å². The SMILES string of the molecule is CN(c1c([N+](=O)[O-])ncn1C)C(C)(C)CO. The van der Waals surface area contributed by atoms with E-state index in [2.05, 4.69) is 4.98 Å². The minimum Gasteiger partial charge on any atom is -0.394 e. The first-order valence-electron chi connectivity index (χ1n) is 4.81. The molecule has 0 spiro atoms. The third kappa shape index (κ3) is 1.99. The fourth-order valence-electron chi connectivity index (χ4n) is 1.32. The van der Waals surface area contributed by atoms with Crippen LogP contribution in [0.25, 0.3) is 0 Å². The number of nitro groups is 1. The Hall–Kier alpha value is -1.63. The summed E-state index contributed by atoms with van der Waals surface area (Å²) in [6.07, 6.45) is 1.39. The van der Waals surface area contributed by atoms with E-state index in [0.29, 0.717) is 5.82 Å². The molecule has 7 nitrogen and oxygen atoms in total. The topological polar surface area (TPSA) is 84.4 Å². The lowest BCUT2D eigenvalue weighted by Crippen LogP contribution is -2.45. The summed E-state index contributed by atoms with van der Waals surface area (Å²) in [5.74, 6) is 0.176. The first-order chi connectivity index (χ1) is 7.31. The summed E-state index contributed by atoms with van der Waals surface area (Å²) >= 11 is 0. The molecule has 0 saturated carbocycles. The minimum absolute atomic E-state index is 0.105. The lowest BCUT2D eigenvalue weighted by atomic mass is 10.1. The van der Waals surface area contributed by atoms with Crippen LogP contribution in [0.2, 0.25) is 0 Å². The quantitative estimate of drug-likeness (QED) is 0.600. The van der Waals surface area contributed by atoms with Gasteiger partial charge in [0.1, 0.15) is 0 Å². The summed E-state index contributed by atoms with van der Waals surface area (Å²) in [5.41, 5.74) is -0.585. The zero-order chi connectivity index (χ0) is 12.5. The molecule has 0 amide bonds. The monoisotopic (exact) mass is 228 g/mol. The van der Waals surface area contributed by atoms with Crippen LogP contribution in [0.3, 0.4) is 0 Å². The Morgan fingerprint density at radius 3 is 2.69 bits per heavy atom. The maximum atomic E-state index is 10.8. The highest BCUT2D eigenvalue weighted by Crippen LogP contribution is 2.29. The van der Waals surface area contributed by atoms with Gasteiger partial charge in [-0.2, -0.15) is 0 Å². The first-order valence-corrected chi connectivity index (χ1v) is 4.81. The van der Waals surface area contributed by atoms with Gasteiger partial charge in [-0.25, -0.2) is 0 Å². The lowest BCUT2D eigenvalue weighted by Gasteiger charge is -2.34. The molecule has 1 heterocycles. The molecular weight excluding hydrogens is 212 g/mol. The van der Waals surface area contributed by atoms with Crippen molar-refractivity contribution in [2.24, 2.45) is 7.05 Å². The molecule has 0 aromatic carbocycles. The second-order valence-corrected chi connectivity index (χ2v) is 4.29. The van der Waals surface area contributed by atoms with Gasteiger partial charge in [0.15, 0.2) is 0 Å². The fourth-order valence-corrected chi connectivity index (χ4v) is 1.32. The average molecular weight is 228 g/mol. The third-order valence-electron chi connectivity index (χ3n) is 2.67. The van der Waals surface area contributed by atoms with Crippen molar-refractivity contribution >= 4 is 11.6 Å². The number of aliphatic hydroxyl groups excluding tert-OH is 1. The highest BCUT2D eigenvalue weighted by molar-refractivity contribution is 5.55. The van der Waals surface area contributed by atoms with Crippen LogP contribution in [0.5, 0.6) is 0 Å². The van der Waals surface area contributed by atoms with Gasteiger partial charge in [0, 0.05) is 14.1 Å². The van der Waals surface area contributed by atoms with Crippen LogP contribution in [0.1, 0.15) is 13.8 Å². The van der Waals surface area contributed by atoms with Crippen LogP contribution >= 0.6 is 0 Å². The van der Waals surface area contributed by atoms with Gasteiger partial charge >= 0.3 is 5.82 Å². The van der Waals surface area contributed by atoms with Gasteiger partial charge in [0.25, 0.3) is 0 Å². The van der Waals surface area contributed by atoms with Crippen molar-refractivity contribution in [2.75, 3.05) is 18.6 Å². The van der Waals surface area contributed by atoms with E-state index >= 15 is 0 Å². The Balaban J connectivity index is 3.22. The van der Waals surface area contributed by atoms with E-state index in [1.807, 2.05) is 0 Å². The zero-order valence-electron chi connectivity index (χ0n) is 9.84. The molecule has 0 radical (unpaired) electrons. The molecular formula is C9H16N4O3. The van der Waals surface area contributed by atoms with E-state index in [0.717, 1.165) is 0 Å². The number of likely N-dealkylation sites (N-methyl/N-ethyl adjacent to an activating group) is 1. The van der Waals surface area contributed by atoms with Crippen molar-refractivity contribution < 1.29 is 10.0 Å². The molecule has 0 aliphatic rings. The molecule has 0 saturated heterocycles. The highest BCUT2D eigenvalue weighted by atomic mass is 16.6. The second-order valence-electron chi connectivity index (χ2n) is 4.29. The van der Waals surface area contributed by atoms with E-state index in [-0.39, 0.29) is 12.4 Å². The van der Waals surface area contributed by atoms with Gasteiger partial charge in [-0.1, -0.05) is 0 Å². The van der Waals surface area contributed by atoms with E-state index in [9.17, 15) is 15.2 Å². The largest absolute Gasteiger partial charge is 0.406 e. The van der Waals surface area contributed by atoms with Crippen LogP contribution in [0.15, 0.2) is 6.33 Å². The van der Waals surface area contributed by atoms with Crippen molar-refractivity contribution in [3.63, 3.8) is 0 Å². The molecule has 1 aromatic heterocycles. The number of aromatic nitrogens is 2. The predicted molar refractivity (Wildman–Crippen MR) is 59.4 cm³/mol. The van der Waals surface area contributed by atoms with Crippen molar-refractivity contribution in [1.82, 2.24) is 9.55 Å². The Morgan fingerprint density at radius 1 is 1.69 bits per heavy atom. The molecule has 1 rings (SSSR count). The Kier molecular flexibility index (Phi) is 3.18. The van der Waals surface area contributed by atoms with Gasteiger partial charge < -0.3 is 20.1 Å². The van der Waals surface area contributed by atoms with Gasteiger partial charge in [0.2, 0.25) is 12.1 Å². The maximum absolute atomic E-state index is 10.8. The third-order valence-corrected chi connectivity index (χ3v) is 2.67. The van der Waals surface area contributed by atoms with Crippen molar-refractivity contribution in [2.45, 2.75) is 19.4 Å². The predicted octanol–water partition coefficient (Wildman–Crippen LogP) is 0.535. The van der Waals surface area contributed by atoms with Crippen LogP contribution in [0, 0.1) is 10.1 Å². The highest BCUT2D eigenvalue weighted by Gasteiger charge is 2.31. The molecule has 0 aliphatic carbocycles. The molecule has 7 heteroatoms. The lowest BCUT2D eigenvalue weighted by molar-refractivity contribution is -0.388. The van der Waals surface area contributed by atoms with Gasteiger partial charge in [-0.15, -0.1) is 0 Å². The second kappa shape index (κ2) is 4.09. The molecule has 0 atom stereocenters. The number of hydrogen-bond acceptors (Lipinski definition) is 5. The maximum Gasteiger partial charge on any atom is 0.406 e. The molecule has 1 N–H and O–H groups in total. The van der Waals surface area contributed by atoms with Gasteiger partial charge in [0.05, 0.1) is 12.1 Å². The number of hydrogen-bond donors (Lipinski definition) is 1. The summed E-state index contributed by atoms with van der Waals surface area (Å²) < 4.78 is 1.57. The van der Waals surface area contributed by atoms with E-state index in [1.165, 1.54) is 6.33 Å². The van der Waals surface area contributed by atoms with Gasteiger partial charge in [-0.05, 0) is 23.8 Å². The Bertz CT molecular complexity index is 399. The zero-order valence-corrected chi connectivity index (χ0v) is 9.84. The molecule has 0 unspecified atom stereocenters. The molecule has 0 aliphatic heterocycles. The van der Waals surface area contributed by atoms with Crippen molar-refractivity contribution in [1.29, 1.82) is 0 Å². The van der Waals surface area contributed by atoms with E-state index < -0.39 is 10.5 Å².